The summed E-state index contributed by atoms with van der Waals surface area (Å²) in [4.78, 5) is 25.8. The lowest BCUT2D eigenvalue weighted by molar-refractivity contribution is -0.139. The second kappa shape index (κ2) is 10.5. The van der Waals surface area contributed by atoms with Crippen molar-refractivity contribution in [2.45, 2.75) is 61.0 Å². The van der Waals surface area contributed by atoms with E-state index >= 15 is 0 Å². The third-order valence-electron chi connectivity index (χ3n) is 7.35. The Morgan fingerprint density at radius 2 is 1.83 bits per heavy atom. The lowest BCUT2D eigenvalue weighted by Gasteiger charge is -2.27. The zero-order valence-electron chi connectivity index (χ0n) is 22.6. The fourth-order valence-electron chi connectivity index (χ4n) is 5.16. The molecule has 5 rings (SSSR count). The number of hydrogen-bond acceptors (Lipinski definition) is 7. The Labute approximate surface area is 240 Å². The zero-order valence-corrected chi connectivity index (χ0v) is 23.5. The van der Waals surface area contributed by atoms with Crippen LogP contribution in [0, 0.1) is 18.3 Å². The summed E-state index contributed by atoms with van der Waals surface area (Å²) in [6.45, 7) is 2.75. The summed E-state index contributed by atoms with van der Waals surface area (Å²) in [5.41, 5.74) is -0.831. The van der Waals surface area contributed by atoms with Gasteiger partial charge in [-0.15, -0.1) is 0 Å². The average Bonchev–Trinajstić information content (AvgIpc) is 3.36. The number of aryl methyl sites for hydroxylation is 1. The Balaban J connectivity index is 1.57. The molecular weight excluding hydrogens is 573 g/mol. The number of aromatic nitrogens is 2. The van der Waals surface area contributed by atoms with E-state index in [9.17, 15) is 36.4 Å². The summed E-state index contributed by atoms with van der Waals surface area (Å²) in [7, 11) is -4.57. The van der Waals surface area contributed by atoms with Crippen molar-refractivity contribution in [2.75, 3.05) is 16.8 Å². The fraction of sp³-hybridized carbons (Fsp3) is 0.357. The molecule has 14 heteroatoms. The number of nitrogens with one attached hydrogen (secondary N) is 2. The number of rotatable bonds is 7. The predicted molar refractivity (Wildman–Crippen MR) is 146 cm³/mol. The summed E-state index contributed by atoms with van der Waals surface area (Å²) in [5.74, 6) is -0.566. The first-order valence-electron chi connectivity index (χ1n) is 13.1. The van der Waals surface area contributed by atoms with Crippen LogP contribution in [0.2, 0.25) is 0 Å². The van der Waals surface area contributed by atoms with Crippen molar-refractivity contribution in [3.8, 4) is 11.8 Å². The van der Waals surface area contributed by atoms with Crippen LogP contribution in [0.25, 0.3) is 5.69 Å². The molecule has 1 saturated carbocycles. The van der Waals surface area contributed by atoms with Gasteiger partial charge in [0.15, 0.2) is 9.84 Å². The van der Waals surface area contributed by atoms with Crippen molar-refractivity contribution in [3.05, 3.63) is 65.9 Å². The maximum atomic E-state index is 13.8. The summed E-state index contributed by atoms with van der Waals surface area (Å²) in [6.07, 6.45) is -4.33. The highest BCUT2D eigenvalue weighted by Crippen LogP contribution is 2.40. The average molecular weight is 601 g/mol. The standard InChI is InChI=1S/C28H27F3N6O4S/c1-17-12-25(37(35-17)20-7-5-6-19(13-20)33-18(2)38)36-15-21(14-23(36)26(39)34-27(16-32)10-11-27)42(40,41)24-9-4-3-8-22(24)28(29,30)31/h3-9,12-13,21,23H,10-11,14-15H2,1-2H3,(H,33,38)(H,34,39)/t21-,23-/m1/s1. The number of carbonyl (C=O) groups is 2. The van der Waals surface area contributed by atoms with Crippen molar-refractivity contribution in [1.82, 2.24) is 15.1 Å². The first-order valence-corrected chi connectivity index (χ1v) is 14.6. The number of anilines is 2. The van der Waals surface area contributed by atoms with Gasteiger partial charge in [0.05, 0.1) is 33.2 Å². The molecule has 2 fully saturated rings. The van der Waals surface area contributed by atoms with Crippen molar-refractivity contribution in [3.63, 3.8) is 0 Å². The molecule has 2 amide bonds. The van der Waals surface area contributed by atoms with Crippen molar-refractivity contribution >= 4 is 33.2 Å². The Morgan fingerprint density at radius 3 is 2.48 bits per heavy atom. The van der Waals surface area contributed by atoms with Crippen LogP contribution in [0.4, 0.5) is 24.7 Å². The van der Waals surface area contributed by atoms with Crippen molar-refractivity contribution in [1.29, 1.82) is 5.26 Å². The first-order chi connectivity index (χ1) is 19.7. The van der Waals surface area contributed by atoms with Crippen molar-refractivity contribution in [2.24, 2.45) is 0 Å². The molecule has 2 N–H and O–H groups in total. The van der Waals surface area contributed by atoms with Gasteiger partial charge in [0, 0.05) is 25.2 Å². The first kappa shape index (κ1) is 29.1. The molecule has 0 radical (unpaired) electrons. The van der Waals surface area contributed by atoms with E-state index in [4.69, 9.17) is 0 Å². The molecule has 1 saturated heterocycles. The molecule has 2 atom stereocenters. The normalized spacial score (nSPS) is 19.7. The Hall–Kier alpha value is -4.38. The van der Waals surface area contributed by atoms with E-state index in [0.717, 1.165) is 12.1 Å². The van der Waals surface area contributed by atoms with Gasteiger partial charge in [0.1, 0.15) is 17.4 Å². The molecule has 42 heavy (non-hydrogen) atoms. The van der Waals surface area contributed by atoms with E-state index in [2.05, 4.69) is 21.8 Å². The van der Waals surface area contributed by atoms with Crippen LogP contribution in [-0.4, -0.2) is 53.4 Å². The second-order valence-corrected chi connectivity index (χ2v) is 12.7. The van der Waals surface area contributed by atoms with Gasteiger partial charge in [0.2, 0.25) is 11.8 Å². The number of nitrogens with zero attached hydrogens (tertiary/aromatic N) is 4. The number of sulfone groups is 1. The minimum absolute atomic E-state index is 0.293. The number of benzene rings is 2. The van der Waals surface area contributed by atoms with Gasteiger partial charge in [-0.3, -0.25) is 9.59 Å². The Morgan fingerprint density at radius 1 is 1.12 bits per heavy atom. The van der Waals surface area contributed by atoms with E-state index < -0.39 is 49.2 Å². The monoisotopic (exact) mass is 600 g/mol. The summed E-state index contributed by atoms with van der Waals surface area (Å²) >= 11 is 0. The smallest absolute Gasteiger partial charge is 0.343 e. The number of amides is 2. The molecule has 2 aromatic carbocycles. The van der Waals surface area contributed by atoms with Crippen LogP contribution in [0.3, 0.4) is 0 Å². The van der Waals surface area contributed by atoms with Crippen LogP contribution in [0.15, 0.2) is 59.5 Å². The second-order valence-electron chi connectivity index (χ2n) is 10.5. The highest BCUT2D eigenvalue weighted by atomic mass is 32.2. The molecule has 2 aliphatic rings. The van der Waals surface area contributed by atoms with E-state index in [1.54, 1.807) is 37.3 Å². The van der Waals surface area contributed by atoms with Crippen LogP contribution < -0.4 is 15.5 Å². The molecule has 3 aromatic rings. The summed E-state index contributed by atoms with van der Waals surface area (Å²) in [5, 5.41) is 18.1. The number of carbonyl (C=O) groups excluding carboxylic acids is 2. The molecule has 1 aliphatic heterocycles. The van der Waals surface area contributed by atoms with E-state index in [1.165, 1.54) is 22.6 Å². The molecule has 220 valence electrons. The van der Waals surface area contributed by atoms with Gasteiger partial charge in [-0.1, -0.05) is 18.2 Å². The third-order valence-corrected chi connectivity index (χ3v) is 9.54. The van der Waals surface area contributed by atoms with Crippen LogP contribution >= 0.6 is 0 Å². The van der Waals surface area contributed by atoms with Crippen LogP contribution in [0.5, 0.6) is 0 Å². The lowest BCUT2D eigenvalue weighted by Crippen LogP contribution is -2.48. The lowest BCUT2D eigenvalue weighted by atomic mass is 10.1. The van der Waals surface area contributed by atoms with Gasteiger partial charge in [-0.25, -0.2) is 13.1 Å². The number of hydrogen-bond donors (Lipinski definition) is 2. The maximum Gasteiger partial charge on any atom is 0.417 e. The minimum atomic E-state index is -4.90. The van der Waals surface area contributed by atoms with E-state index in [0.29, 0.717) is 41.8 Å². The quantitative estimate of drug-likeness (QED) is 0.422. The zero-order chi connectivity index (χ0) is 30.4. The Kier molecular flexibility index (Phi) is 7.26. The van der Waals surface area contributed by atoms with Crippen LogP contribution in [0.1, 0.15) is 37.4 Å². The SMILES string of the molecule is CC(=O)Nc1cccc(-n2nc(C)cc2N2C[C@H](S(=O)(=O)c3ccccc3C(F)(F)F)C[C@@H]2C(=O)NC2(C#N)CC2)c1. The van der Waals surface area contributed by atoms with Crippen LogP contribution in [-0.2, 0) is 25.6 Å². The minimum Gasteiger partial charge on any atom is -0.343 e. The fourth-order valence-corrected chi connectivity index (χ4v) is 7.07. The largest absolute Gasteiger partial charge is 0.417 e. The van der Waals surface area contributed by atoms with E-state index in [1.807, 2.05) is 0 Å². The number of nitriles is 1. The molecule has 1 aliphatic carbocycles. The maximum absolute atomic E-state index is 13.8. The molecule has 2 heterocycles. The Bertz CT molecular complexity index is 1710. The highest BCUT2D eigenvalue weighted by molar-refractivity contribution is 7.92. The van der Waals surface area contributed by atoms with Crippen molar-refractivity contribution < 1.29 is 31.2 Å². The summed E-state index contributed by atoms with van der Waals surface area (Å²) < 4.78 is 70.3. The van der Waals surface area contributed by atoms with E-state index in [-0.39, 0.29) is 18.9 Å². The van der Waals surface area contributed by atoms with Gasteiger partial charge in [0.25, 0.3) is 0 Å². The number of alkyl halides is 3. The topological polar surface area (TPSA) is 137 Å². The molecule has 0 bridgehead atoms. The predicted octanol–water partition coefficient (Wildman–Crippen LogP) is 3.75. The molecule has 10 nitrogen and oxygen atoms in total. The van der Waals surface area contributed by atoms with Gasteiger partial charge in [-0.05, 0) is 56.5 Å². The summed E-state index contributed by atoms with van der Waals surface area (Å²) in [6, 6.07) is 13.3. The molecule has 0 unspecified atom stereocenters. The molecule has 0 spiro atoms. The highest BCUT2D eigenvalue weighted by Gasteiger charge is 2.51. The molecule has 1 aromatic heterocycles. The van der Waals surface area contributed by atoms with Gasteiger partial charge in [-0.2, -0.15) is 23.5 Å². The number of halogens is 3. The van der Waals surface area contributed by atoms with Gasteiger partial charge >= 0.3 is 6.18 Å². The third kappa shape index (κ3) is 5.56. The molecular formula is C28H27F3N6O4S. The van der Waals surface area contributed by atoms with Gasteiger partial charge < -0.3 is 15.5 Å².